The first-order chi connectivity index (χ1) is 4.19. The second-order valence-corrected chi connectivity index (χ2v) is 4.62. The average Bonchev–Trinajstić information content (AvgIpc) is 1.62. The van der Waals surface area contributed by atoms with Gasteiger partial charge in [0.05, 0.1) is 4.87 Å². The predicted molar refractivity (Wildman–Crippen MR) is 42.0 cm³/mol. The van der Waals surface area contributed by atoms with Crippen LogP contribution in [0.25, 0.3) is 0 Å². The highest BCUT2D eigenvalue weighted by atomic mass is 35.5. The summed E-state index contributed by atoms with van der Waals surface area (Å²) in [6.45, 7) is 2.87. The zero-order valence-corrected chi connectivity index (χ0v) is 7.76. The molecule has 0 aliphatic heterocycles. The molecule has 0 saturated heterocycles. The summed E-state index contributed by atoms with van der Waals surface area (Å²) in [5.74, 6) is -1.34. The van der Waals surface area contributed by atoms with Gasteiger partial charge < -0.3 is 5.11 Å². The first kappa shape index (κ1) is 10.3. The minimum atomic E-state index is -1.94. The van der Waals surface area contributed by atoms with Crippen LogP contribution in [0.3, 0.4) is 0 Å². The van der Waals surface area contributed by atoms with Gasteiger partial charge in [-0.3, -0.25) is 0 Å². The molecule has 2 nitrogen and oxygen atoms in total. The van der Waals surface area contributed by atoms with Crippen molar-refractivity contribution in [3.8, 4) is 0 Å². The Morgan fingerprint density at radius 1 is 1.30 bits per heavy atom. The summed E-state index contributed by atoms with van der Waals surface area (Å²) in [4.78, 5) is 9.14. The third kappa shape index (κ3) is 1.91. The van der Waals surface area contributed by atoms with Crippen LogP contribution in [0.15, 0.2) is 0 Å². The van der Waals surface area contributed by atoms with E-state index < -0.39 is 15.2 Å². The van der Waals surface area contributed by atoms with E-state index in [0.717, 1.165) is 0 Å². The van der Waals surface area contributed by atoms with Crippen LogP contribution in [0.2, 0.25) is 0 Å². The molecule has 0 bridgehead atoms. The molecule has 0 aromatic carbocycles. The van der Waals surface area contributed by atoms with Gasteiger partial charge in [-0.2, -0.15) is 0 Å². The van der Waals surface area contributed by atoms with Crippen LogP contribution >= 0.6 is 34.8 Å². The molecule has 0 fully saturated rings. The van der Waals surface area contributed by atoms with Crippen LogP contribution in [0.5, 0.6) is 0 Å². The second kappa shape index (κ2) is 2.76. The topological polar surface area (TPSA) is 37.3 Å². The van der Waals surface area contributed by atoms with Gasteiger partial charge in [0.25, 0.3) is 0 Å². The van der Waals surface area contributed by atoms with Gasteiger partial charge in [0.15, 0.2) is 0 Å². The molecule has 0 aromatic heterocycles. The molecule has 0 unspecified atom stereocenters. The Bertz CT molecular complexity index is 147. The van der Waals surface area contributed by atoms with Crippen molar-refractivity contribution in [1.29, 1.82) is 0 Å². The van der Waals surface area contributed by atoms with Crippen molar-refractivity contribution in [1.82, 2.24) is 0 Å². The van der Waals surface area contributed by atoms with E-state index in [0.29, 0.717) is 0 Å². The van der Waals surface area contributed by atoms with Crippen molar-refractivity contribution in [2.24, 2.45) is 0 Å². The maximum atomic E-state index is 10.3. The molecule has 0 heterocycles. The Labute approximate surface area is 74.1 Å². The smallest absolute Gasteiger partial charge is 0.342 e. The lowest BCUT2D eigenvalue weighted by atomic mass is 10.1. The van der Waals surface area contributed by atoms with E-state index in [1.165, 1.54) is 13.8 Å². The molecule has 0 aromatic rings. The summed E-state index contributed by atoms with van der Waals surface area (Å²) in [6.07, 6.45) is 0. The number of aliphatic carboxylic acids is 1. The average molecular weight is 205 g/mol. The van der Waals surface area contributed by atoms with Crippen LogP contribution in [-0.2, 0) is 4.79 Å². The lowest BCUT2D eigenvalue weighted by molar-refractivity contribution is -0.138. The van der Waals surface area contributed by atoms with Gasteiger partial charge in [-0.25, -0.2) is 4.79 Å². The third-order valence-corrected chi connectivity index (χ3v) is 2.76. The van der Waals surface area contributed by atoms with Gasteiger partial charge in [-0.15, -0.1) is 11.6 Å². The zero-order valence-electron chi connectivity index (χ0n) is 5.49. The Morgan fingerprint density at radius 3 is 1.60 bits per heavy atom. The first-order valence-corrected chi connectivity index (χ1v) is 3.63. The Balaban J connectivity index is 4.57. The number of alkyl halides is 3. The number of carbonyl (C=O) groups is 1. The highest BCUT2D eigenvalue weighted by Gasteiger charge is 2.47. The predicted octanol–water partition coefficient (Wildman–Crippen LogP) is 2.26. The summed E-state index contributed by atoms with van der Waals surface area (Å²) in [5, 5.41) is 8.43. The maximum Gasteiger partial charge on any atom is 0.342 e. The summed E-state index contributed by atoms with van der Waals surface area (Å²) < 4.78 is -1.94. The van der Waals surface area contributed by atoms with Crippen LogP contribution < -0.4 is 0 Å². The van der Waals surface area contributed by atoms with Crippen LogP contribution in [-0.4, -0.2) is 20.3 Å². The van der Waals surface area contributed by atoms with Crippen LogP contribution in [0.4, 0.5) is 0 Å². The van der Waals surface area contributed by atoms with Crippen molar-refractivity contribution >= 4 is 40.8 Å². The molecule has 0 spiro atoms. The van der Waals surface area contributed by atoms with E-state index in [-0.39, 0.29) is 0 Å². The van der Waals surface area contributed by atoms with Gasteiger partial charge in [0, 0.05) is 0 Å². The molecule has 60 valence electrons. The Kier molecular flexibility index (Phi) is 2.85. The standard InChI is InChI=1S/C5H7Cl3O2/c1-4(2,6)5(7,8)3(9)10/h1-2H3,(H,9,10). The monoisotopic (exact) mass is 204 g/mol. The van der Waals surface area contributed by atoms with Gasteiger partial charge in [0.2, 0.25) is 4.33 Å². The Morgan fingerprint density at radius 2 is 1.60 bits per heavy atom. The van der Waals surface area contributed by atoms with E-state index in [2.05, 4.69) is 0 Å². The van der Waals surface area contributed by atoms with E-state index in [1.54, 1.807) is 0 Å². The lowest BCUT2D eigenvalue weighted by Gasteiger charge is -2.26. The molecular formula is C5H7Cl3O2. The van der Waals surface area contributed by atoms with Gasteiger partial charge in [-0.05, 0) is 13.8 Å². The first-order valence-electron chi connectivity index (χ1n) is 2.49. The molecule has 0 aliphatic carbocycles. The molecule has 0 aliphatic rings. The SMILES string of the molecule is CC(C)(Cl)C(Cl)(Cl)C(=O)O. The number of hydrogen-bond donors (Lipinski definition) is 1. The fraction of sp³-hybridized carbons (Fsp3) is 0.800. The van der Waals surface area contributed by atoms with E-state index in [9.17, 15) is 4.79 Å². The van der Waals surface area contributed by atoms with E-state index in [4.69, 9.17) is 39.9 Å². The number of carboxylic acid groups (broad SMARTS) is 1. The molecule has 0 atom stereocenters. The van der Waals surface area contributed by atoms with Crippen molar-refractivity contribution in [3.63, 3.8) is 0 Å². The summed E-state index contributed by atoms with van der Waals surface area (Å²) in [5.41, 5.74) is 0. The molecule has 0 rings (SSSR count). The van der Waals surface area contributed by atoms with Crippen LogP contribution in [0, 0.1) is 0 Å². The zero-order chi connectivity index (χ0) is 8.58. The number of hydrogen-bond acceptors (Lipinski definition) is 1. The van der Waals surface area contributed by atoms with E-state index >= 15 is 0 Å². The molecule has 1 N–H and O–H groups in total. The van der Waals surface area contributed by atoms with Crippen molar-refractivity contribution in [3.05, 3.63) is 0 Å². The third-order valence-electron chi connectivity index (χ3n) is 1.02. The normalized spacial score (nSPS) is 13.3. The summed E-state index contributed by atoms with van der Waals surface area (Å²) in [6, 6.07) is 0. The van der Waals surface area contributed by atoms with Crippen molar-refractivity contribution in [2.75, 3.05) is 0 Å². The largest absolute Gasteiger partial charge is 0.479 e. The number of rotatable bonds is 2. The van der Waals surface area contributed by atoms with Gasteiger partial charge in [0.1, 0.15) is 0 Å². The molecule has 0 amide bonds. The van der Waals surface area contributed by atoms with Gasteiger partial charge >= 0.3 is 5.97 Å². The Hall–Kier alpha value is 0.340. The fourth-order valence-corrected chi connectivity index (χ4v) is 0.335. The summed E-state index contributed by atoms with van der Waals surface area (Å²) in [7, 11) is 0. The summed E-state index contributed by atoms with van der Waals surface area (Å²) >= 11 is 16.3. The van der Waals surface area contributed by atoms with Crippen LogP contribution in [0.1, 0.15) is 13.8 Å². The molecule has 10 heavy (non-hydrogen) atoms. The lowest BCUT2D eigenvalue weighted by Crippen LogP contribution is -2.42. The maximum absolute atomic E-state index is 10.3. The molecule has 5 heteroatoms. The van der Waals surface area contributed by atoms with Gasteiger partial charge in [-0.1, -0.05) is 23.2 Å². The number of halogens is 3. The fourth-order valence-electron chi connectivity index (χ4n) is 0.254. The molecular weight excluding hydrogens is 198 g/mol. The minimum Gasteiger partial charge on any atom is -0.479 e. The minimum absolute atomic E-state index is 1.18. The highest BCUT2D eigenvalue weighted by molar-refractivity contribution is 6.61. The van der Waals surface area contributed by atoms with Crippen molar-refractivity contribution in [2.45, 2.75) is 23.1 Å². The highest BCUT2D eigenvalue weighted by Crippen LogP contribution is 2.38. The second-order valence-electron chi connectivity index (χ2n) is 2.35. The molecule has 0 saturated carbocycles. The van der Waals surface area contributed by atoms with E-state index in [1.807, 2.05) is 0 Å². The number of carboxylic acids is 1. The van der Waals surface area contributed by atoms with Crippen molar-refractivity contribution < 1.29 is 9.90 Å². The molecule has 0 radical (unpaired) electrons. The quantitative estimate of drug-likeness (QED) is 0.702.